The van der Waals surface area contributed by atoms with Gasteiger partial charge in [-0.25, -0.2) is 4.68 Å². The number of para-hydroxylation sites is 2. The van der Waals surface area contributed by atoms with E-state index in [0.717, 1.165) is 29.0 Å². The van der Waals surface area contributed by atoms with Crippen molar-refractivity contribution in [3.05, 3.63) is 96.4 Å². The number of aromatic nitrogens is 3. The lowest BCUT2D eigenvalue weighted by atomic mass is 10.1. The maximum Gasteiger partial charge on any atom is 0.257 e. The molecular formula is C26H26N4O2. The molecule has 0 radical (unpaired) electrons. The normalized spacial score (nSPS) is 10.7. The summed E-state index contributed by atoms with van der Waals surface area (Å²) in [4.78, 5) is 19.2. The first-order valence-electron chi connectivity index (χ1n) is 10.6. The van der Waals surface area contributed by atoms with Gasteiger partial charge in [-0.1, -0.05) is 36.4 Å². The lowest BCUT2D eigenvalue weighted by molar-refractivity contribution is 0.0788. The molecule has 4 rings (SSSR count). The van der Waals surface area contributed by atoms with Crippen molar-refractivity contribution >= 4 is 5.91 Å². The van der Waals surface area contributed by atoms with Gasteiger partial charge in [0.25, 0.3) is 5.91 Å². The Kier molecular flexibility index (Phi) is 6.60. The van der Waals surface area contributed by atoms with Crippen molar-refractivity contribution in [1.29, 1.82) is 0 Å². The van der Waals surface area contributed by atoms with E-state index in [1.54, 1.807) is 28.2 Å². The largest absolute Gasteiger partial charge is 0.493 e. The number of hydrogen-bond donors (Lipinski definition) is 0. The minimum absolute atomic E-state index is 0.0816. The molecule has 6 heteroatoms. The molecular weight excluding hydrogens is 400 g/mol. The van der Waals surface area contributed by atoms with Crippen molar-refractivity contribution in [1.82, 2.24) is 19.7 Å². The van der Waals surface area contributed by atoms with E-state index >= 15 is 0 Å². The Balaban J connectivity index is 1.49. The average molecular weight is 427 g/mol. The molecule has 4 aromatic rings. The summed E-state index contributed by atoms with van der Waals surface area (Å²) in [6.07, 6.45) is 5.95. The predicted molar refractivity (Wildman–Crippen MR) is 125 cm³/mol. The van der Waals surface area contributed by atoms with E-state index in [0.29, 0.717) is 24.4 Å². The number of nitrogens with zero attached hydrogens (tertiary/aromatic N) is 4. The van der Waals surface area contributed by atoms with Crippen molar-refractivity contribution in [3.8, 4) is 22.7 Å². The molecule has 0 aliphatic rings. The van der Waals surface area contributed by atoms with Crippen LogP contribution in [0.5, 0.6) is 5.75 Å². The summed E-state index contributed by atoms with van der Waals surface area (Å²) in [5.41, 5.74) is 3.97. The molecule has 0 atom stereocenters. The number of aryl methyl sites for hydroxylation is 1. The summed E-state index contributed by atoms with van der Waals surface area (Å²) >= 11 is 0. The van der Waals surface area contributed by atoms with Crippen LogP contribution in [-0.2, 0) is 0 Å². The second kappa shape index (κ2) is 9.92. The van der Waals surface area contributed by atoms with Gasteiger partial charge in [-0.2, -0.15) is 5.10 Å². The van der Waals surface area contributed by atoms with Crippen molar-refractivity contribution in [2.45, 2.75) is 13.3 Å². The zero-order chi connectivity index (χ0) is 22.3. The highest BCUT2D eigenvalue weighted by molar-refractivity contribution is 5.99. The van der Waals surface area contributed by atoms with E-state index in [9.17, 15) is 4.79 Å². The molecule has 32 heavy (non-hydrogen) atoms. The Morgan fingerprint density at radius 3 is 2.56 bits per heavy atom. The summed E-state index contributed by atoms with van der Waals surface area (Å²) < 4.78 is 7.61. The molecule has 0 saturated carbocycles. The van der Waals surface area contributed by atoms with Gasteiger partial charge in [0.2, 0.25) is 0 Å². The number of carbonyl (C=O) groups is 1. The fourth-order valence-electron chi connectivity index (χ4n) is 3.47. The first-order chi connectivity index (χ1) is 15.6. The van der Waals surface area contributed by atoms with Crippen LogP contribution in [0.1, 0.15) is 22.3 Å². The smallest absolute Gasteiger partial charge is 0.257 e. The fraction of sp³-hybridized carbons (Fsp3) is 0.192. The van der Waals surface area contributed by atoms with E-state index in [2.05, 4.69) is 4.98 Å². The molecule has 0 N–H and O–H groups in total. The summed E-state index contributed by atoms with van der Waals surface area (Å²) in [6, 6.07) is 21.5. The quantitative estimate of drug-likeness (QED) is 0.380. The Morgan fingerprint density at radius 1 is 1.03 bits per heavy atom. The molecule has 0 bridgehead atoms. The lowest BCUT2D eigenvalue weighted by Gasteiger charge is -2.17. The third-order valence-corrected chi connectivity index (χ3v) is 5.24. The zero-order valence-corrected chi connectivity index (χ0v) is 18.3. The van der Waals surface area contributed by atoms with Gasteiger partial charge in [-0.15, -0.1) is 0 Å². The zero-order valence-electron chi connectivity index (χ0n) is 18.3. The molecule has 6 nitrogen and oxygen atoms in total. The average Bonchev–Trinajstić information content (AvgIpc) is 3.29. The van der Waals surface area contributed by atoms with E-state index in [4.69, 9.17) is 9.84 Å². The van der Waals surface area contributed by atoms with Crippen LogP contribution in [0.2, 0.25) is 0 Å². The molecule has 0 fully saturated rings. The summed E-state index contributed by atoms with van der Waals surface area (Å²) in [5.74, 6) is 0.798. The molecule has 1 amide bonds. The van der Waals surface area contributed by atoms with Gasteiger partial charge in [0.1, 0.15) is 11.4 Å². The van der Waals surface area contributed by atoms with Crippen LogP contribution < -0.4 is 4.74 Å². The lowest BCUT2D eigenvalue weighted by Crippen LogP contribution is -2.28. The second-order valence-electron chi connectivity index (χ2n) is 7.61. The Morgan fingerprint density at radius 2 is 1.81 bits per heavy atom. The summed E-state index contributed by atoms with van der Waals surface area (Å²) in [5, 5.41) is 4.70. The molecule has 2 aromatic carbocycles. The van der Waals surface area contributed by atoms with E-state index in [-0.39, 0.29) is 5.91 Å². The Labute approximate surface area is 188 Å². The number of hydrogen-bond acceptors (Lipinski definition) is 4. The summed E-state index contributed by atoms with van der Waals surface area (Å²) in [7, 11) is 1.81. The number of carbonyl (C=O) groups excluding carboxylic acids is 1. The van der Waals surface area contributed by atoms with Crippen LogP contribution in [0.4, 0.5) is 0 Å². The van der Waals surface area contributed by atoms with Gasteiger partial charge in [0.05, 0.1) is 17.9 Å². The van der Waals surface area contributed by atoms with E-state index < -0.39 is 0 Å². The molecule has 0 aliphatic heterocycles. The fourth-order valence-corrected chi connectivity index (χ4v) is 3.47. The minimum Gasteiger partial charge on any atom is -0.493 e. The molecule has 0 aliphatic carbocycles. The van der Waals surface area contributed by atoms with Crippen LogP contribution in [-0.4, -0.2) is 45.8 Å². The third-order valence-electron chi connectivity index (χ3n) is 5.24. The topological polar surface area (TPSA) is 60.2 Å². The molecule has 162 valence electrons. The number of amides is 1. The molecule has 0 unspecified atom stereocenters. The van der Waals surface area contributed by atoms with Gasteiger partial charge in [0, 0.05) is 37.7 Å². The molecule has 0 spiro atoms. The van der Waals surface area contributed by atoms with Crippen LogP contribution in [0.25, 0.3) is 16.9 Å². The van der Waals surface area contributed by atoms with Gasteiger partial charge >= 0.3 is 0 Å². The number of benzene rings is 2. The monoisotopic (exact) mass is 426 g/mol. The number of ether oxygens (including phenoxy) is 1. The number of rotatable bonds is 8. The van der Waals surface area contributed by atoms with Gasteiger partial charge in [-0.05, 0) is 49.2 Å². The van der Waals surface area contributed by atoms with E-state index in [1.165, 1.54) is 0 Å². The predicted octanol–water partition coefficient (Wildman–Crippen LogP) is 4.78. The standard InChI is InChI=1S/C26H26N4O2/c1-20-10-6-7-14-24(20)32-17-9-16-29(2)26(31)23-19-30(22-12-4-3-5-13-22)28-25(23)21-11-8-15-27-18-21/h3-8,10-15,18-19H,9,16-17H2,1-2H3. The van der Waals surface area contributed by atoms with Crippen LogP contribution >= 0.6 is 0 Å². The second-order valence-corrected chi connectivity index (χ2v) is 7.61. The first-order valence-corrected chi connectivity index (χ1v) is 10.6. The Hall–Kier alpha value is -3.93. The van der Waals surface area contributed by atoms with E-state index in [1.807, 2.05) is 80.7 Å². The third kappa shape index (κ3) is 4.86. The van der Waals surface area contributed by atoms with Gasteiger partial charge < -0.3 is 9.64 Å². The highest BCUT2D eigenvalue weighted by Crippen LogP contribution is 2.24. The minimum atomic E-state index is -0.0816. The van der Waals surface area contributed by atoms with Crippen LogP contribution in [0, 0.1) is 6.92 Å². The first kappa shape index (κ1) is 21.3. The number of pyridine rings is 1. The van der Waals surface area contributed by atoms with Crippen LogP contribution in [0.15, 0.2) is 85.3 Å². The molecule has 2 heterocycles. The molecule has 0 saturated heterocycles. The highest BCUT2D eigenvalue weighted by atomic mass is 16.5. The van der Waals surface area contributed by atoms with Gasteiger partial charge in [0.15, 0.2) is 0 Å². The maximum absolute atomic E-state index is 13.3. The van der Waals surface area contributed by atoms with Crippen molar-refractivity contribution < 1.29 is 9.53 Å². The highest BCUT2D eigenvalue weighted by Gasteiger charge is 2.21. The van der Waals surface area contributed by atoms with Crippen LogP contribution in [0.3, 0.4) is 0 Å². The van der Waals surface area contributed by atoms with Crippen molar-refractivity contribution in [2.75, 3.05) is 20.2 Å². The Bertz CT molecular complexity index is 1170. The SMILES string of the molecule is Cc1ccccc1OCCCN(C)C(=O)c1cn(-c2ccccc2)nc1-c1cccnc1. The van der Waals surface area contributed by atoms with Gasteiger partial charge in [-0.3, -0.25) is 9.78 Å². The maximum atomic E-state index is 13.3. The van der Waals surface area contributed by atoms with Crippen molar-refractivity contribution in [2.24, 2.45) is 0 Å². The summed E-state index contributed by atoms with van der Waals surface area (Å²) in [6.45, 7) is 3.14. The molecule has 2 aromatic heterocycles. The van der Waals surface area contributed by atoms with Crippen molar-refractivity contribution in [3.63, 3.8) is 0 Å².